The summed E-state index contributed by atoms with van der Waals surface area (Å²) in [6.07, 6.45) is 0. The fourth-order valence-corrected chi connectivity index (χ4v) is 0. The summed E-state index contributed by atoms with van der Waals surface area (Å²) in [5.41, 5.74) is 0. The van der Waals surface area contributed by atoms with E-state index in [4.69, 9.17) is 0 Å². The Balaban J connectivity index is 0. The van der Waals surface area contributed by atoms with Crippen LogP contribution in [0.25, 0.3) is 0 Å². The van der Waals surface area contributed by atoms with Crippen LogP contribution in [0.3, 0.4) is 0 Å². The summed E-state index contributed by atoms with van der Waals surface area (Å²) in [4.78, 5) is 0. The zero-order chi connectivity index (χ0) is 0. The van der Waals surface area contributed by atoms with E-state index in [0.717, 1.165) is 0 Å². The molecule has 0 unspecified atom stereocenters. The molecule has 1 nitrogen and oxygen atoms in total. The molecule has 3 radical (unpaired) electrons. The summed E-state index contributed by atoms with van der Waals surface area (Å²) < 4.78 is 0. The summed E-state index contributed by atoms with van der Waals surface area (Å²) in [6.45, 7) is 0. The van der Waals surface area contributed by atoms with Gasteiger partial charge in [0.05, 0.1) is 0 Å². The number of hydrogen-bond donors (Lipinski definition) is 1. The summed E-state index contributed by atoms with van der Waals surface area (Å²) in [6, 6.07) is 0. The minimum Gasteiger partial charge on any atom is -0.344 e. The quantitative estimate of drug-likeness (QED) is 0.425. The second-order valence-electron chi connectivity index (χ2n) is 0. The summed E-state index contributed by atoms with van der Waals surface area (Å²) >= 11 is 0. The molecule has 4 heteroatoms. The first-order valence-corrected chi connectivity index (χ1v) is 0. The van der Waals surface area contributed by atoms with Gasteiger partial charge in [-0.25, -0.2) is 0 Å². The first kappa shape index (κ1) is 23.2. The molecule has 3 N–H and O–H groups in total. The molecule has 0 aliphatic rings. The molecular formula is H3K3N. The van der Waals surface area contributed by atoms with Crippen LogP contribution in [0.1, 0.15) is 0 Å². The van der Waals surface area contributed by atoms with Gasteiger partial charge in [0, 0.05) is 154 Å². The maximum atomic E-state index is 0. The normalized spacial score (nSPS) is 0. The van der Waals surface area contributed by atoms with Crippen molar-refractivity contribution in [1.29, 1.82) is 0 Å². The molecule has 0 aromatic heterocycles. The van der Waals surface area contributed by atoms with Crippen molar-refractivity contribution < 1.29 is 0 Å². The second kappa shape index (κ2) is 15.7. The molecule has 0 fully saturated rings. The Bertz CT molecular complexity index is 3.25. The Labute approximate surface area is 154 Å². The molecule has 0 aromatic carbocycles. The first-order valence-electron chi connectivity index (χ1n) is 0. The van der Waals surface area contributed by atoms with Crippen molar-refractivity contribution in [3.8, 4) is 0 Å². The van der Waals surface area contributed by atoms with Crippen LogP contribution in [0.15, 0.2) is 0 Å². The van der Waals surface area contributed by atoms with E-state index in [1.807, 2.05) is 0 Å². The summed E-state index contributed by atoms with van der Waals surface area (Å²) in [5, 5.41) is 0. The Morgan fingerprint density at radius 3 is 0.500 bits per heavy atom. The van der Waals surface area contributed by atoms with Crippen molar-refractivity contribution in [1.82, 2.24) is 6.15 Å². The van der Waals surface area contributed by atoms with E-state index in [2.05, 4.69) is 0 Å². The van der Waals surface area contributed by atoms with Crippen LogP contribution in [-0.2, 0) is 0 Å². The molecule has 0 atom stereocenters. The van der Waals surface area contributed by atoms with E-state index in [9.17, 15) is 0 Å². The minimum absolute atomic E-state index is 0. The second-order valence-corrected chi connectivity index (χ2v) is 0. The molecule has 0 aromatic rings. The van der Waals surface area contributed by atoms with Crippen LogP contribution in [0.5, 0.6) is 0 Å². The van der Waals surface area contributed by atoms with Crippen molar-refractivity contribution in [3.63, 3.8) is 0 Å². The topological polar surface area (TPSA) is 35.0 Å². The van der Waals surface area contributed by atoms with Crippen LogP contribution >= 0.6 is 0 Å². The Morgan fingerprint density at radius 2 is 0.500 bits per heavy atom. The molecule has 11 valence electrons. The minimum atomic E-state index is 0. The van der Waals surface area contributed by atoms with Gasteiger partial charge in [0.25, 0.3) is 0 Å². The van der Waals surface area contributed by atoms with Crippen LogP contribution in [-0.4, -0.2) is 154 Å². The summed E-state index contributed by atoms with van der Waals surface area (Å²) in [7, 11) is 0. The maximum Gasteiger partial charge on any atom is 0 e. The van der Waals surface area contributed by atoms with Crippen molar-refractivity contribution in [2.24, 2.45) is 0 Å². The molecule has 0 amide bonds. The zero-order valence-corrected chi connectivity index (χ0v) is 13.1. The largest absolute Gasteiger partial charge is 0.344 e. The van der Waals surface area contributed by atoms with E-state index in [0.29, 0.717) is 0 Å². The Morgan fingerprint density at radius 1 is 0.500 bits per heavy atom. The van der Waals surface area contributed by atoms with Gasteiger partial charge in [-0.1, -0.05) is 0 Å². The SMILES string of the molecule is N.[K].[K].[K]. The third kappa shape index (κ3) is 9.98. The van der Waals surface area contributed by atoms with Crippen molar-refractivity contribution >= 4 is 154 Å². The van der Waals surface area contributed by atoms with E-state index >= 15 is 0 Å². The van der Waals surface area contributed by atoms with E-state index in [-0.39, 0.29) is 160 Å². The fourth-order valence-electron chi connectivity index (χ4n) is 0. The van der Waals surface area contributed by atoms with Gasteiger partial charge in [0.15, 0.2) is 0 Å². The third-order valence-corrected chi connectivity index (χ3v) is 0. The molecule has 0 saturated carbocycles. The first-order chi connectivity index (χ1) is 0. The van der Waals surface area contributed by atoms with Gasteiger partial charge in [-0.15, -0.1) is 0 Å². The van der Waals surface area contributed by atoms with Crippen molar-refractivity contribution in [2.75, 3.05) is 0 Å². The predicted octanol–water partition coefficient (Wildman–Crippen LogP) is -0.980. The molecule has 0 rings (SSSR count). The van der Waals surface area contributed by atoms with Gasteiger partial charge in [0.1, 0.15) is 0 Å². The monoisotopic (exact) mass is 134 g/mol. The van der Waals surface area contributed by atoms with Gasteiger partial charge in [-0.2, -0.15) is 0 Å². The standard InChI is InChI=1S/3K.H3N/h;;;1H3. The molecule has 0 aliphatic heterocycles. The molecule has 0 spiro atoms. The van der Waals surface area contributed by atoms with Crippen LogP contribution < -0.4 is 6.15 Å². The van der Waals surface area contributed by atoms with Gasteiger partial charge in [0.2, 0.25) is 0 Å². The van der Waals surface area contributed by atoms with Crippen molar-refractivity contribution in [2.45, 2.75) is 0 Å². The molecule has 4 heavy (non-hydrogen) atoms. The Kier molecular flexibility index (Phi) is 90.7. The molecule has 0 heterocycles. The van der Waals surface area contributed by atoms with Gasteiger partial charge < -0.3 is 6.15 Å². The van der Waals surface area contributed by atoms with Crippen LogP contribution in [0, 0.1) is 0 Å². The summed E-state index contributed by atoms with van der Waals surface area (Å²) in [5.74, 6) is 0. The predicted molar refractivity (Wildman–Crippen MR) is 22.3 cm³/mol. The fraction of sp³-hybridized carbons (Fsp3) is 0. The number of hydrogen-bond acceptors (Lipinski definition) is 1. The smallest absolute Gasteiger partial charge is 0 e. The van der Waals surface area contributed by atoms with Gasteiger partial charge >= 0.3 is 0 Å². The average molecular weight is 134 g/mol. The van der Waals surface area contributed by atoms with Crippen molar-refractivity contribution in [3.05, 3.63) is 0 Å². The maximum absolute atomic E-state index is 0. The van der Waals surface area contributed by atoms with Gasteiger partial charge in [-0.3, -0.25) is 0 Å². The van der Waals surface area contributed by atoms with Crippen LogP contribution in [0.2, 0.25) is 0 Å². The van der Waals surface area contributed by atoms with E-state index in [1.165, 1.54) is 0 Å². The third-order valence-electron chi connectivity index (χ3n) is 0. The average Bonchev–Trinajstić information content (AvgIpc) is 0. The molecule has 0 saturated heterocycles. The molecule has 0 aliphatic carbocycles. The van der Waals surface area contributed by atoms with Gasteiger partial charge in [-0.05, 0) is 0 Å². The van der Waals surface area contributed by atoms with E-state index in [1.54, 1.807) is 0 Å². The molecular weight excluding hydrogens is 131 g/mol. The molecule has 0 bridgehead atoms. The number of rotatable bonds is 0. The zero-order valence-electron chi connectivity index (χ0n) is 3.71. The Hall–Kier alpha value is 4.87. The van der Waals surface area contributed by atoms with E-state index < -0.39 is 0 Å². The van der Waals surface area contributed by atoms with Crippen LogP contribution in [0.4, 0.5) is 0 Å².